The van der Waals surface area contributed by atoms with Crippen molar-refractivity contribution >= 4 is 21.6 Å². The molecule has 0 radical (unpaired) electrons. The predicted octanol–water partition coefficient (Wildman–Crippen LogP) is 1.84. The van der Waals surface area contributed by atoms with Crippen molar-refractivity contribution in [3.8, 4) is 5.75 Å². The van der Waals surface area contributed by atoms with Crippen LogP contribution in [0.3, 0.4) is 0 Å². The molecule has 0 aromatic heterocycles. The lowest BCUT2D eigenvalue weighted by atomic mass is 10.1. The number of ether oxygens (including phenoxy) is 1. The molecule has 1 aromatic carbocycles. The van der Waals surface area contributed by atoms with Crippen LogP contribution in [0.1, 0.15) is 6.92 Å². The Labute approximate surface area is 122 Å². The van der Waals surface area contributed by atoms with Crippen LogP contribution in [0.4, 0.5) is 0 Å². The first-order valence-electron chi connectivity index (χ1n) is 5.99. The van der Waals surface area contributed by atoms with Crippen LogP contribution in [0.15, 0.2) is 58.1 Å². The quantitative estimate of drug-likeness (QED) is 0.626. The van der Waals surface area contributed by atoms with E-state index in [1.807, 2.05) is 0 Å². The van der Waals surface area contributed by atoms with Crippen molar-refractivity contribution in [3.63, 3.8) is 0 Å². The van der Waals surface area contributed by atoms with Crippen molar-refractivity contribution in [2.45, 2.75) is 11.8 Å². The van der Waals surface area contributed by atoms with Crippen LogP contribution in [-0.2, 0) is 19.2 Å². The van der Waals surface area contributed by atoms with Gasteiger partial charge in [0.05, 0.1) is 7.11 Å². The molecule has 1 aliphatic rings. The van der Waals surface area contributed by atoms with Gasteiger partial charge in [-0.15, -0.1) is 0 Å². The molecular weight excluding hydrogens is 294 g/mol. The minimum Gasteiger partial charge on any atom is -0.497 e. The number of hydrogen-bond donors (Lipinski definition) is 0. The average Bonchev–Trinajstić information content (AvgIpc) is 2.46. The van der Waals surface area contributed by atoms with E-state index in [1.165, 1.54) is 49.6 Å². The molecule has 1 aliphatic carbocycles. The number of hydrogen-bond acceptors (Lipinski definition) is 6. The molecule has 2 rings (SSSR count). The van der Waals surface area contributed by atoms with Crippen molar-refractivity contribution < 1.29 is 22.2 Å². The molecule has 0 N–H and O–H groups in total. The highest BCUT2D eigenvalue weighted by Crippen LogP contribution is 2.18. The van der Waals surface area contributed by atoms with Crippen molar-refractivity contribution in [3.05, 3.63) is 48.1 Å². The van der Waals surface area contributed by atoms with Crippen LogP contribution in [0.5, 0.6) is 5.75 Å². The molecule has 1 aromatic rings. The Balaban J connectivity index is 2.20. The van der Waals surface area contributed by atoms with E-state index in [1.54, 1.807) is 6.92 Å². The van der Waals surface area contributed by atoms with Crippen LogP contribution in [0.25, 0.3) is 0 Å². The van der Waals surface area contributed by atoms with Gasteiger partial charge in [-0.05, 0) is 55.0 Å². The summed E-state index contributed by atoms with van der Waals surface area (Å²) in [5, 5.41) is 3.58. The number of benzene rings is 1. The molecular formula is C14H13NO5S. The fourth-order valence-corrected chi connectivity index (χ4v) is 2.34. The summed E-state index contributed by atoms with van der Waals surface area (Å²) in [7, 11) is -2.53. The molecule has 0 heterocycles. The fraction of sp³-hybridized carbons (Fsp3) is 0.143. The zero-order valence-corrected chi connectivity index (χ0v) is 12.3. The molecule has 0 saturated carbocycles. The number of methoxy groups -OCH3 is 1. The number of nitrogens with zero attached hydrogens (tertiary/aromatic N) is 1. The number of oxime groups is 1. The maximum atomic E-state index is 12.0. The van der Waals surface area contributed by atoms with Gasteiger partial charge in [-0.1, -0.05) is 5.16 Å². The van der Waals surface area contributed by atoms with E-state index >= 15 is 0 Å². The predicted molar refractivity (Wildman–Crippen MR) is 76.6 cm³/mol. The van der Waals surface area contributed by atoms with Gasteiger partial charge in [-0.25, -0.2) is 0 Å². The second-order valence-electron chi connectivity index (χ2n) is 4.24. The van der Waals surface area contributed by atoms with Crippen LogP contribution in [0, 0.1) is 0 Å². The number of allylic oxidation sites excluding steroid dienone is 4. The molecule has 6 nitrogen and oxygen atoms in total. The summed E-state index contributed by atoms with van der Waals surface area (Å²) >= 11 is 0. The van der Waals surface area contributed by atoms with Gasteiger partial charge < -0.3 is 4.74 Å². The van der Waals surface area contributed by atoms with Gasteiger partial charge in [0.1, 0.15) is 16.4 Å². The Morgan fingerprint density at radius 1 is 1.10 bits per heavy atom. The average molecular weight is 307 g/mol. The van der Waals surface area contributed by atoms with E-state index in [-0.39, 0.29) is 16.4 Å². The molecule has 0 spiro atoms. The summed E-state index contributed by atoms with van der Waals surface area (Å²) < 4.78 is 33.5. The van der Waals surface area contributed by atoms with Crippen LogP contribution in [-0.4, -0.2) is 27.0 Å². The highest BCUT2D eigenvalue weighted by molar-refractivity contribution is 7.86. The third-order valence-electron chi connectivity index (χ3n) is 2.75. The Bertz CT molecular complexity index is 742. The lowest BCUT2D eigenvalue weighted by Gasteiger charge is -2.06. The molecule has 7 heteroatoms. The summed E-state index contributed by atoms with van der Waals surface area (Å²) in [6.07, 6.45) is 4.04. The van der Waals surface area contributed by atoms with Gasteiger partial charge in [-0.2, -0.15) is 8.42 Å². The molecule has 0 unspecified atom stereocenters. The topological polar surface area (TPSA) is 82.0 Å². The second kappa shape index (κ2) is 5.92. The number of ketones is 1. The lowest BCUT2D eigenvalue weighted by Crippen LogP contribution is -2.09. The molecule has 21 heavy (non-hydrogen) atoms. The molecule has 0 fully saturated rings. The molecule has 0 bridgehead atoms. The van der Waals surface area contributed by atoms with Gasteiger partial charge >= 0.3 is 10.1 Å². The van der Waals surface area contributed by atoms with Gasteiger partial charge in [0.15, 0.2) is 5.78 Å². The minimum atomic E-state index is -4.01. The smallest absolute Gasteiger partial charge is 0.358 e. The van der Waals surface area contributed by atoms with Crippen molar-refractivity contribution in [2.24, 2.45) is 5.16 Å². The zero-order chi connectivity index (χ0) is 15.5. The standard InChI is InChI=1S/C14H13NO5S/c1-10-9-11(16)3-8-14(10)15-20-21(17,18)13-6-4-12(19-2)5-7-13/h3-9H,1-2H3. The Morgan fingerprint density at radius 2 is 1.76 bits per heavy atom. The first kappa shape index (κ1) is 15.0. The molecule has 0 aliphatic heterocycles. The molecule has 0 saturated heterocycles. The maximum absolute atomic E-state index is 12.0. The Morgan fingerprint density at radius 3 is 2.33 bits per heavy atom. The molecule has 0 amide bonds. The zero-order valence-electron chi connectivity index (χ0n) is 11.4. The summed E-state index contributed by atoms with van der Waals surface area (Å²) in [5.74, 6) is 0.359. The summed E-state index contributed by atoms with van der Waals surface area (Å²) in [5.41, 5.74) is 0.819. The SMILES string of the molecule is COc1ccc(S(=O)(=O)ON=C2C=CC(=O)C=C2C)cc1. The maximum Gasteiger partial charge on any atom is 0.358 e. The van der Waals surface area contributed by atoms with E-state index in [0.717, 1.165) is 0 Å². The van der Waals surface area contributed by atoms with Gasteiger partial charge in [0.25, 0.3) is 0 Å². The fourth-order valence-electron chi connectivity index (χ4n) is 1.61. The van der Waals surface area contributed by atoms with Crippen molar-refractivity contribution in [1.82, 2.24) is 0 Å². The van der Waals surface area contributed by atoms with Crippen molar-refractivity contribution in [2.75, 3.05) is 7.11 Å². The van der Waals surface area contributed by atoms with Crippen LogP contribution < -0.4 is 4.74 Å². The molecule has 0 atom stereocenters. The number of carbonyl (C=O) groups excluding carboxylic acids is 1. The monoisotopic (exact) mass is 307 g/mol. The van der Waals surface area contributed by atoms with Crippen LogP contribution in [0.2, 0.25) is 0 Å². The third kappa shape index (κ3) is 3.57. The first-order valence-corrected chi connectivity index (χ1v) is 7.39. The first-order chi connectivity index (χ1) is 9.92. The van der Waals surface area contributed by atoms with Crippen molar-refractivity contribution in [1.29, 1.82) is 0 Å². The number of carbonyl (C=O) groups is 1. The van der Waals surface area contributed by atoms with E-state index in [9.17, 15) is 13.2 Å². The second-order valence-corrected chi connectivity index (χ2v) is 5.77. The Hall–Kier alpha value is -2.41. The largest absolute Gasteiger partial charge is 0.497 e. The lowest BCUT2D eigenvalue weighted by molar-refractivity contribution is -0.110. The third-order valence-corrected chi connectivity index (χ3v) is 3.87. The highest BCUT2D eigenvalue weighted by atomic mass is 32.2. The van der Waals surface area contributed by atoms with Gasteiger partial charge in [0, 0.05) is 0 Å². The van der Waals surface area contributed by atoms with Gasteiger partial charge in [-0.3, -0.25) is 9.08 Å². The summed E-state index contributed by atoms with van der Waals surface area (Å²) in [6.45, 7) is 1.64. The van der Waals surface area contributed by atoms with E-state index in [4.69, 9.17) is 4.74 Å². The van der Waals surface area contributed by atoms with Crippen LogP contribution >= 0.6 is 0 Å². The minimum absolute atomic E-state index is 0.0369. The van der Waals surface area contributed by atoms with Gasteiger partial charge in [0.2, 0.25) is 0 Å². The summed E-state index contributed by atoms with van der Waals surface area (Å²) in [4.78, 5) is 11.1. The van der Waals surface area contributed by atoms with E-state index in [2.05, 4.69) is 9.44 Å². The van der Waals surface area contributed by atoms with E-state index < -0.39 is 10.1 Å². The normalized spacial score (nSPS) is 16.8. The highest BCUT2D eigenvalue weighted by Gasteiger charge is 2.17. The summed E-state index contributed by atoms with van der Waals surface area (Å²) in [6, 6.07) is 5.73. The number of rotatable bonds is 4. The Kier molecular flexibility index (Phi) is 4.23. The van der Waals surface area contributed by atoms with E-state index in [0.29, 0.717) is 11.3 Å². The molecule has 110 valence electrons.